The number of ether oxygens (including phenoxy) is 1. The Morgan fingerprint density at radius 1 is 1.44 bits per heavy atom. The van der Waals surface area contributed by atoms with Crippen LogP contribution in [0.1, 0.15) is 30.1 Å². The summed E-state index contributed by atoms with van der Waals surface area (Å²) in [5, 5.41) is 3.93. The number of benzene rings is 1. The van der Waals surface area contributed by atoms with Crippen molar-refractivity contribution in [2.45, 2.75) is 19.3 Å². The first-order valence-electron chi connectivity index (χ1n) is 5.88. The van der Waals surface area contributed by atoms with Gasteiger partial charge in [-0.2, -0.15) is 4.98 Å². The maximum absolute atomic E-state index is 5.57. The minimum atomic E-state index is 0.118. The Morgan fingerprint density at radius 2 is 2.28 bits per heavy atom. The van der Waals surface area contributed by atoms with Crippen molar-refractivity contribution in [3.05, 3.63) is 41.5 Å². The zero-order chi connectivity index (χ0) is 13.0. The van der Waals surface area contributed by atoms with Crippen LogP contribution in [-0.2, 0) is 6.42 Å². The van der Waals surface area contributed by atoms with Gasteiger partial charge in [-0.3, -0.25) is 0 Å². The first kappa shape index (κ1) is 12.6. The first-order chi connectivity index (χ1) is 8.72. The van der Waals surface area contributed by atoms with Crippen molar-refractivity contribution in [3.8, 4) is 5.75 Å². The third-order valence-corrected chi connectivity index (χ3v) is 2.77. The molecular formula is C13H17N3O2. The molecule has 96 valence electrons. The number of nitrogens with two attached hydrogens (primary N) is 1. The van der Waals surface area contributed by atoms with E-state index in [2.05, 4.69) is 10.1 Å². The predicted molar refractivity (Wildman–Crippen MR) is 67.6 cm³/mol. The van der Waals surface area contributed by atoms with Crippen molar-refractivity contribution < 1.29 is 9.26 Å². The zero-order valence-corrected chi connectivity index (χ0v) is 10.6. The fourth-order valence-corrected chi connectivity index (χ4v) is 1.60. The molecule has 0 spiro atoms. The summed E-state index contributed by atoms with van der Waals surface area (Å²) in [6.45, 7) is 2.48. The third-order valence-electron chi connectivity index (χ3n) is 2.77. The van der Waals surface area contributed by atoms with Gasteiger partial charge in [-0.1, -0.05) is 24.2 Å². The van der Waals surface area contributed by atoms with Crippen LogP contribution in [0.5, 0.6) is 5.75 Å². The van der Waals surface area contributed by atoms with Crippen molar-refractivity contribution in [3.63, 3.8) is 0 Å². The molecule has 1 unspecified atom stereocenters. The molecule has 0 saturated heterocycles. The van der Waals surface area contributed by atoms with Crippen LogP contribution in [0.25, 0.3) is 0 Å². The average molecular weight is 247 g/mol. The number of hydrogen-bond acceptors (Lipinski definition) is 5. The topological polar surface area (TPSA) is 74.2 Å². The summed E-state index contributed by atoms with van der Waals surface area (Å²) in [6.07, 6.45) is 0.599. The van der Waals surface area contributed by atoms with Crippen LogP contribution >= 0.6 is 0 Å². The second kappa shape index (κ2) is 5.64. The molecule has 5 nitrogen and oxygen atoms in total. The molecule has 0 bridgehead atoms. The molecule has 5 heteroatoms. The lowest BCUT2D eigenvalue weighted by Crippen LogP contribution is -2.10. The van der Waals surface area contributed by atoms with E-state index in [1.807, 2.05) is 31.2 Å². The first-order valence-corrected chi connectivity index (χ1v) is 5.88. The van der Waals surface area contributed by atoms with E-state index in [0.717, 1.165) is 11.3 Å². The normalized spacial score (nSPS) is 12.4. The summed E-state index contributed by atoms with van der Waals surface area (Å²) in [5.41, 5.74) is 6.64. The molecule has 1 heterocycles. The second-order valence-electron chi connectivity index (χ2n) is 4.21. The molecule has 0 radical (unpaired) electrons. The van der Waals surface area contributed by atoms with Gasteiger partial charge in [-0.05, 0) is 17.7 Å². The number of rotatable bonds is 5. The maximum atomic E-state index is 5.57. The lowest BCUT2D eigenvalue weighted by Gasteiger charge is -2.01. The van der Waals surface area contributed by atoms with Crippen LogP contribution in [0, 0.1) is 0 Å². The lowest BCUT2D eigenvalue weighted by atomic mass is 10.1. The quantitative estimate of drug-likeness (QED) is 0.871. The molecule has 2 N–H and O–H groups in total. The smallest absolute Gasteiger partial charge is 0.231 e. The maximum Gasteiger partial charge on any atom is 0.231 e. The molecule has 2 rings (SSSR count). The van der Waals surface area contributed by atoms with E-state index >= 15 is 0 Å². The largest absolute Gasteiger partial charge is 0.497 e. The fraction of sp³-hybridized carbons (Fsp3) is 0.385. The van der Waals surface area contributed by atoms with Gasteiger partial charge in [-0.15, -0.1) is 0 Å². The van der Waals surface area contributed by atoms with E-state index in [1.165, 1.54) is 0 Å². The van der Waals surface area contributed by atoms with Gasteiger partial charge in [-0.25, -0.2) is 0 Å². The highest BCUT2D eigenvalue weighted by molar-refractivity contribution is 5.29. The lowest BCUT2D eigenvalue weighted by molar-refractivity contribution is 0.376. The number of nitrogens with zero attached hydrogens (tertiary/aromatic N) is 2. The number of methoxy groups -OCH3 is 1. The highest BCUT2D eigenvalue weighted by atomic mass is 16.5. The summed E-state index contributed by atoms with van der Waals surface area (Å²) < 4.78 is 10.4. The van der Waals surface area contributed by atoms with E-state index in [4.69, 9.17) is 15.0 Å². The molecule has 0 fully saturated rings. The van der Waals surface area contributed by atoms with Crippen molar-refractivity contribution in [1.29, 1.82) is 0 Å². The van der Waals surface area contributed by atoms with E-state index in [1.54, 1.807) is 7.11 Å². The zero-order valence-electron chi connectivity index (χ0n) is 10.6. The molecule has 0 aliphatic heterocycles. The molecule has 0 amide bonds. The third kappa shape index (κ3) is 2.87. The SMILES string of the molecule is COc1cccc(Cc2nc(C(C)CN)no2)c1. The van der Waals surface area contributed by atoms with Crippen molar-refractivity contribution in [2.24, 2.45) is 5.73 Å². The average Bonchev–Trinajstić information content (AvgIpc) is 2.86. The number of aromatic nitrogens is 2. The van der Waals surface area contributed by atoms with Crippen LogP contribution in [0.15, 0.2) is 28.8 Å². The van der Waals surface area contributed by atoms with Crippen LogP contribution in [0.3, 0.4) is 0 Å². The van der Waals surface area contributed by atoms with Gasteiger partial charge < -0.3 is 15.0 Å². The standard InChI is InChI=1S/C13H17N3O2/c1-9(8-14)13-15-12(18-16-13)7-10-4-3-5-11(6-10)17-2/h3-6,9H,7-8,14H2,1-2H3. The van der Waals surface area contributed by atoms with Crippen LogP contribution in [-0.4, -0.2) is 23.8 Å². The van der Waals surface area contributed by atoms with Crippen molar-refractivity contribution in [1.82, 2.24) is 10.1 Å². The van der Waals surface area contributed by atoms with Crippen LogP contribution < -0.4 is 10.5 Å². The highest BCUT2D eigenvalue weighted by Crippen LogP contribution is 2.16. The molecular weight excluding hydrogens is 230 g/mol. The predicted octanol–water partition coefficient (Wildman–Crippen LogP) is 1.73. The summed E-state index contributed by atoms with van der Waals surface area (Å²) in [4.78, 5) is 4.33. The molecule has 1 aromatic carbocycles. The van der Waals surface area contributed by atoms with E-state index in [9.17, 15) is 0 Å². The second-order valence-corrected chi connectivity index (χ2v) is 4.21. The molecule has 0 aliphatic rings. The highest BCUT2D eigenvalue weighted by Gasteiger charge is 2.12. The molecule has 0 aliphatic carbocycles. The molecule has 1 atom stereocenters. The van der Waals surface area contributed by atoms with Gasteiger partial charge in [0, 0.05) is 12.5 Å². The van der Waals surface area contributed by atoms with Gasteiger partial charge in [0.1, 0.15) is 5.75 Å². The number of hydrogen-bond donors (Lipinski definition) is 1. The van der Waals surface area contributed by atoms with Crippen molar-refractivity contribution >= 4 is 0 Å². The Balaban J connectivity index is 2.11. The Bertz CT molecular complexity index is 510. The minimum absolute atomic E-state index is 0.118. The molecule has 18 heavy (non-hydrogen) atoms. The molecule has 2 aromatic rings. The van der Waals surface area contributed by atoms with Gasteiger partial charge in [0.15, 0.2) is 5.82 Å². The van der Waals surface area contributed by atoms with Gasteiger partial charge in [0.05, 0.1) is 13.5 Å². The summed E-state index contributed by atoms with van der Waals surface area (Å²) in [5.74, 6) is 2.20. The fourth-order valence-electron chi connectivity index (χ4n) is 1.60. The Morgan fingerprint density at radius 3 is 3.00 bits per heavy atom. The Labute approximate surface area is 106 Å². The van der Waals surface area contributed by atoms with Crippen LogP contribution in [0.2, 0.25) is 0 Å². The molecule has 0 saturated carbocycles. The summed E-state index contributed by atoms with van der Waals surface area (Å²) in [7, 11) is 1.65. The Kier molecular flexibility index (Phi) is 3.94. The van der Waals surface area contributed by atoms with E-state index < -0.39 is 0 Å². The van der Waals surface area contributed by atoms with E-state index in [-0.39, 0.29) is 5.92 Å². The van der Waals surface area contributed by atoms with Gasteiger partial charge >= 0.3 is 0 Å². The summed E-state index contributed by atoms with van der Waals surface area (Å²) in [6, 6.07) is 7.79. The Hall–Kier alpha value is -1.88. The van der Waals surface area contributed by atoms with E-state index in [0.29, 0.717) is 24.7 Å². The van der Waals surface area contributed by atoms with Crippen LogP contribution in [0.4, 0.5) is 0 Å². The minimum Gasteiger partial charge on any atom is -0.497 e. The van der Waals surface area contributed by atoms with Gasteiger partial charge in [0.2, 0.25) is 5.89 Å². The molecule has 1 aromatic heterocycles. The monoisotopic (exact) mass is 247 g/mol. The van der Waals surface area contributed by atoms with Crippen molar-refractivity contribution in [2.75, 3.05) is 13.7 Å². The van der Waals surface area contributed by atoms with Gasteiger partial charge in [0.25, 0.3) is 0 Å². The summed E-state index contributed by atoms with van der Waals surface area (Å²) >= 11 is 0.